The Labute approximate surface area is 103 Å². The van der Waals surface area contributed by atoms with Crippen molar-refractivity contribution in [3.05, 3.63) is 30.1 Å². The van der Waals surface area contributed by atoms with Crippen molar-refractivity contribution < 1.29 is 0 Å². The van der Waals surface area contributed by atoms with Crippen molar-refractivity contribution in [1.82, 2.24) is 15.2 Å². The number of hydrogen-bond acceptors (Lipinski definition) is 3. The largest absolute Gasteiger partial charge is 0.301 e. The third kappa shape index (κ3) is 2.85. The lowest BCUT2D eigenvalue weighted by atomic mass is 10.1. The van der Waals surface area contributed by atoms with Gasteiger partial charge in [0.1, 0.15) is 0 Å². The van der Waals surface area contributed by atoms with E-state index in [0.717, 1.165) is 6.67 Å². The first-order chi connectivity index (χ1) is 8.43. The molecule has 0 spiro atoms. The van der Waals surface area contributed by atoms with E-state index in [-0.39, 0.29) is 0 Å². The zero-order valence-electron chi connectivity index (χ0n) is 10.3. The van der Waals surface area contributed by atoms with Crippen LogP contribution in [0, 0.1) is 0 Å². The zero-order valence-corrected chi connectivity index (χ0v) is 10.3. The molecule has 1 aliphatic heterocycles. The topological polar surface area (TPSA) is 28.2 Å². The molecule has 0 unspecified atom stereocenters. The number of rotatable bonds is 4. The summed E-state index contributed by atoms with van der Waals surface area (Å²) in [5.74, 6) is 0.702. The SMILES string of the molecule is c1cncc([C@@H]2C[C@H]2NCN2CCCCC2)c1. The highest BCUT2D eigenvalue weighted by molar-refractivity contribution is 5.24. The van der Waals surface area contributed by atoms with E-state index >= 15 is 0 Å². The number of likely N-dealkylation sites (tertiary alicyclic amines) is 1. The Balaban J connectivity index is 1.43. The molecular weight excluding hydrogens is 210 g/mol. The van der Waals surface area contributed by atoms with Crippen molar-refractivity contribution in [2.45, 2.75) is 37.6 Å². The maximum Gasteiger partial charge on any atom is 0.0482 e. The molecule has 92 valence electrons. The first kappa shape index (κ1) is 11.2. The lowest BCUT2D eigenvalue weighted by Gasteiger charge is -2.26. The molecule has 2 aliphatic rings. The van der Waals surface area contributed by atoms with E-state index in [2.05, 4.69) is 21.3 Å². The second-order valence-electron chi connectivity index (χ2n) is 5.28. The number of aromatic nitrogens is 1. The Hall–Kier alpha value is -0.930. The van der Waals surface area contributed by atoms with Crippen molar-refractivity contribution in [3.63, 3.8) is 0 Å². The second-order valence-corrected chi connectivity index (χ2v) is 5.28. The highest BCUT2D eigenvalue weighted by atomic mass is 15.2. The summed E-state index contributed by atoms with van der Waals surface area (Å²) in [6, 6.07) is 4.91. The van der Waals surface area contributed by atoms with E-state index in [1.807, 2.05) is 18.5 Å². The Kier molecular flexibility index (Phi) is 3.39. The summed E-state index contributed by atoms with van der Waals surface area (Å²) in [7, 11) is 0. The summed E-state index contributed by atoms with van der Waals surface area (Å²) >= 11 is 0. The lowest BCUT2D eigenvalue weighted by molar-refractivity contribution is 0.211. The highest BCUT2D eigenvalue weighted by Crippen LogP contribution is 2.40. The van der Waals surface area contributed by atoms with Crippen molar-refractivity contribution in [2.24, 2.45) is 0 Å². The standard InChI is InChI=1S/C14H21N3/c1-2-7-17(8-3-1)11-16-14-9-13(14)12-5-4-6-15-10-12/h4-6,10,13-14,16H,1-3,7-9,11H2/t13-,14+/m0/s1. The molecule has 3 heteroatoms. The van der Waals surface area contributed by atoms with Crippen LogP contribution in [0.5, 0.6) is 0 Å². The summed E-state index contributed by atoms with van der Waals surface area (Å²) in [6.45, 7) is 3.62. The second kappa shape index (κ2) is 5.15. The van der Waals surface area contributed by atoms with Gasteiger partial charge < -0.3 is 5.32 Å². The average molecular weight is 231 g/mol. The molecule has 17 heavy (non-hydrogen) atoms. The van der Waals surface area contributed by atoms with Crippen molar-refractivity contribution in [1.29, 1.82) is 0 Å². The van der Waals surface area contributed by atoms with Gasteiger partial charge in [-0.15, -0.1) is 0 Å². The van der Waals surface area contributed by atoms with E-state index in [0.29, 0.717) is 12.0 Å². The Morgan fingerprint density at radius 2 is 2.18 bits per heavy atom. The minimum absolute atomic E-state index is 0.682. The normalized spacial score (nSPS) is 29.2. The van der Waals surface area contributed by atoms with Crippen LogP contribution in [0.1, 0.15) is 37.2 Å². The van der Waals surface area contributed by atoms with Gasteiger partial charge in [-0.1, -0.05) is 12.5 Å². The van der Waals surface area contributed by atoms with Gasteiger partial charge in [-0.3, -0.25) is 9.88 Å². The summed E-state index contributed by atoms with van der Waals surface area (Å²) < 4.78 is 0. The predicted molar refractivity (Wildman–Crippen MR) is 68.8 cm³/mol. The van der Waals surface area contributed by atoms with E-state index in [1.165, 1.54) is 44.3 Å². The fourth-order valence-corrected chi connectivity index (χ4v) is 2.75. The van der Waals surface area contributed by atoms with Gasteiger partial charge in [-0.2, -0.15) is 0 Å². The van der Waals surface area contributed by atoms with Crippen LogP contribution in [0.4, 0.5) is 0 Å². The molecule has 1 saturated heterocycles. The smallest absolute Gasteiger partial charge is 0.0482 e. The van der Waals surface area contributed by atoms with E-state index < -0.39 is 0 Å². The molecule has 2 heterocycles. The monoisotopic (exact) mass is 231 g/mol. The molecule has 1 aromatic rings. The maximum atomic E-state index is 4.19. The van der Waals surface area contributed by atoms with Crippen LogP contribution < -0.4 is 5.32 Å². The fourth-order valence-electron chi connectivity index (χ4n) is 2.75. The third-order valence-corrected chi connectivity index (χ3v) is 3.93. The number of hydrogen-bond donors (Lipinski definition) is 1. The quantitative estimate of drug-likeness (QED) is 0.858. The zero-order chi connectivity index (χ0) is 11.5. The molecule has 0 aromatic carbocycles. The lowest BCUT2D eigenvalue weighted by Crippen LogP contribution is -2.38. The average Bonchev–Trinajstić information content (AvgIpc) is 3.18. The van der Waals surface area contributed by atoms with Crippen LogP contribution in [0.15, 0.2) is 24.5 Å². The van der Waals surface area contributed by atoms with Gasteiger partial charge in [-0.25, -0.2) is 0 Å². The fraction of sp³-hybridized carbons (Fsp3) is 0.643. The van der Waals surface area contributed by atoms with Crippen LogP contribution in [0.25, 0.3) is 0 Å². The van der Waals surface area contributed by atoms with E-state index in [4.69, 9.17) is 0 Å². The minimum Gasteiger partial charge on any atom is -0.301 e. The number of nitrogens with zero attached hydrogens (tertiary/aromatic N) is 2. The van der Waals surface area contributed by atoms with Crippen LogP contribution in [0.2, 0.25) is 0 Å². The van der Waals surface area contributed by atoms with Crippen LogP contribution in [0.3, 0.4) is 0 Å². The Morgan fingerprint density at radius 3 is 2.94 bits per heavy atom. The molecule has 1 N–H and O–H groups in total. The van der Waals surface area contributed by atoms with Gasteiger partial charge in [0, 0.05) is 31.0 Å². The molecule has 1 aliphatic carbocycles. The number of nitrogens with one attached hydrogen (secondary N) is 1. The Morgan fingerprint density at radius 1 is 1.29 bits per heavy atom. The highest BCUT2D eigenvalue weighted by Gasteiger charge is 2.38. The van der Waals surface area contributed by atoms with Crippen molar-refractivity contribution in [3.8, 4) is 0 Å². The first-order valence-electron chi connectivity index (χ1n) is 6.79. The van der Waals surface area contributed by atoms with Gasteiger partial charge in [0.2, 0.25) is 0 Å². The third-order valence-electron chi connectivity index (χ3n) is 3.93. The molecule has 0 radical (unpaired) electrons. The van der Waals surface area contributed by atoms with Crippen molar-refractivity contribution >= 4 is 0 Å². The summed E-state index contributed by atoms with van der Waals surface area (Å²) in [6.07, 6.45) is 9.30. The predicted octanol–water partition coefficient (Wildman–Crippen LogP) is 1.97. The molecule has 2 atom stereocenters. The van der Waals surface area contributed by atoms with Gasteiger partial charge in [-0.05, 0) is 44.0 Å². The molecule has 1 saturated carbocycles. The maximum absolute atomic E-state index is 4.19. The summed E-state index contributed by atoms with van der Waals surface area (Å²) in [5, 5.41) is 3.67. The minimum atomic E-state index is 0.682. The molecule has 0 bridgehead atoms. The van der Waals surface area contributed by atoms with Crippen LogP contribution in [-0.2, 0) is 0 Å². The number of pyridine rings is 1. The molecular formula is C14H21N3. The molecule has 0 amide bonds. The molecule has 3 nitrogen and oxygen atoms in total. The Bertz CT molecular complexity index is 346. The summed E-state index contributed by atoms with van der Waals surface area (Å²) in [4.78, 5) is 6.74. The molecule has 1 aromatic heterocycles. The molecule has 3 rings (SSSR count). The van der Waals surface area contributed by atoms with Crippen molar-refractivity contribution in [2.75, 3.05) is 19.8 Å². The van der Waals surface area contributed by atoms with Gasteiger partial charge >= 0.3 is 0 Å². The van der Waals surface area contributed by atoms with Gasteiger partial charge in [0.25, 0.3) is 0 Å². The number of piperidine rings is 1. The molecule has 2 fully saturated rings. The van der Waals surface area contributed by atoms with E-state index in [9.17, 15) is 0 Å². The van der Waals surface area contributed by atoms with Crippen LogP contribution >= 0.6 is 0 Å². The first-order valence-corrected chi connectivity index (χ1v) is 6.79. The van der Waals surface area contributed by atoms with Gasteiger partial charge in [0.15, 0.2) is 0 Å². The van der Waals surface area contributed by atoms with Gasteiger partial charge in [0.05, 0.1) is 0 Å². The van der Waals surface area contributed by atoms with E-state index in [1.54, 1.807) is 0 Å². The summed E-state index contributed by atoms with van der Waals surface area (Å²) in [5.41, 5.74) is 1.39. The van der Waals surface area contributed by atoms with Crippen LogP contribution in [-0.4, -0.2) is 35.7 Å².